The van der Waals surface area contributed by atoms with Crippen molar-refractivity contribution in [2.75, 3.05) is 26.7 Å². The lowest BCUT2D eigenvalue weighted by molar-refractivity contribution is -0.150. The Hall–Kier alpha value is -1.10. The molecule has 0 aromatic rings. The minimum atomic E-state index is -0.0508. The van der Waals surface area contributed by atoms with Crippen molar-refractivity contribution < 1.29 is 9.59 Å². The first-order valence-electron chi connectivity index (χ1n) is 4.29. The molecule has 5 nitrogen and oxygen atoms in total. The molecule has 1 atom stereocenters. The molecular formula is C8H15N3O2. The number of piperazine rings is 1. The van der Waals surface area contributed by atoms with Crippen molar-refractivity contribution in [2.24, 2.45) is 5.73 Å². The zero-order chi connectivity index (χ0) is 10.0. The van der Waals surface area contributed by atoms with E-state index in [1.807, 2.05) is 6.92 Å². The number of rotatable bonds is 2. The van der Waals surface area contributed by atoms with Crippen LogP contribution in [0, 0.1) is 0 Å². The van der Waals surface area contributed by atoms with Gasteiger partial charge >= 0.3 is 0 Å². The summed E-state index contributed by atoms with van der Waals surface area (Å²) in [7, 11) is 1.63. The van der Waals surface area contributed by atoms with E-state index < -0.39 is 0 Å². The predicted octanol–water partition coefficient (Wildman–Crippen LogP) is -1.37. The van der Waals surface area contributed by atoms with Crippen LogP contribution in [0.2, 0.25) is 0 Å². The molecule has 0 aromatic heterocycles. The van der Waals surface area contributed by atoms with Gasteiger partial charge < -0.3 is 15.5 Å². The highest BCUT2D eigenvalue weighted by Gasteiger charge is 2.29. The summed E-state index contributed by atoms with van der Waals surface area (Å²) in [5.74, 6) is -0.0556. The van der Waals surface area contributed by atoms with Crippen LogP contribution in [-0.4, -0.2) is 54.3 Å². The molecule has 0 saturated carbocycles. The van der Waals surface area contributed by atoms with Crippen molar-refractivity contribution in [3.63, 3.8) is 0 Å². The minimum absolute atomic E-state index is 0.0277. The Bertz CT molecular complexity index is 229. The molecule has 0 aliphatic carbocycles. The Morgan fingerprint density at radius 2 is 2.00 bits per heavy atom. The van der Waals surface area contributed by atoms with Crippen LogP contribution in [0.1, 0.15) is 6.92 Å². The van der Waals surface area contributed by atoms with E-state index in [-0.39, 0.29) is 30.9 Å². The van der Waals surface area contributed by atoms with Gasteiger partial charge in [-0.1, -0.05) is 0 Å². The molecule has 5 heteroatoms. The van der Waals surface area contributed by atoms with Crippen molar-refractivity contribution in [1.82, 2.24) is 9.80 Å². The first-order chi connectivity index (χ1) is 6.06. The van der Waals surface area contributed by atoms with Crippen molar-refractivity contribution in [1.29, 1.82) is 0 Å². The van der Waals surface area contributed by atoms with E-state index in [0.717, 1.165) is 0 Å². The number of likely N-dealkylation sites (N-methyl/N-ethyl adjacent to an activating group) is 1. The van der Waals surface area contributed by atoms with Gasteiger partial charge in [0.1, 0.15) is 6.54 Å². The summed E-state index contributed by atoms with van der Waals surface area (Å²) in [5, 5.41) is 0. The van der Waals surface area contributed by atoms with Gasteiger partial charge in [-0.15, -0.1) is 0 Å². The molecule has 1 unspecified atom stereocenters. The summed E-state index contributed by atoms with van der Waals surface area (Å²) in [6.07, 6.45) is 0. The number of nitrogens with two attached hydrogens (primary N) is 1. The average molecular weight is 185 g/mol. The van der Waals surface area contributed by atoms with Crippen LogP contribution in [-0.2, 0) is 9.59 Å². The van der Waals surface area contributed by atoms with Crippen LogP contribution in [0.25, 0.3) is 0 Å². The SMILES string of the molecule is CC(CN)N1CC(=O)N(C)CC1=O. The van der Waals surface area contributed by atoms with E-state index in [1.165, 1.54) is 9.80 Å². The number of amides is 2. The number of carbonyl (C=O) groups excluding carboxylic acids is 2. The van der Waals surface area contributed by atoms with Gasteiger partial charge in [-0.25, -0.2) is 0 Å². The molecule has 0 aromatic carbocycles. The lowest BCUT2D eigenvalue weighted by Crippen LogP contribution is -2.56. The summed E-state index contributed by atoms with van der Waals surface area (Å²) in [4.78, 5) is 25.7. The van der Waals surface area contributed by atoms with Gasteiger partial charge in [0.05, 0.1) is 6.54 Å². The predicted molar refractivity (Wildman–Crippen MR) is 47.9 cm³/mol. The fourth-order valence-corrected chi connectivity index (χ4v) is 1.27. The maximum Gasteiger partial charge on any atom is 0.242 e. The highest BCUT2D eigenvalue weighted by atomic mass is 16.2. The van der Waals surface area contributed by atoms with Crippen LogP contribution in [0.4, 0.5) is 0 Å². The quantitative estimate of drug-likeness (QED) is 0.577. The van der Waals surface area contributed by atoms with Crippen LogP contribution >= 0.6 is 0 Å². The topological polar surface area (TPSA) is 66.6 Å². The van der Waals surface area contributed by atoms with Gasteiger partial charge in [0, 0.05) is 19.6 Å². The summed E-state index contributed by atoms with van der Waals surface area (Å²) in [6, 6.07) is -0.0508. The van der Waals surface area contributed by atoms with E-state index in [1.54, 1.807) is 7.05 Å². The number of carbonyl (C=O) groups is 2. The normalized spacial score (nSPS) is 20.8. The van der Waals surface area contributed by atoms with Crippen LogP contribution in [0.15, 0.2) is 0 Å². The Morgan fingerprint density at radius 1 is 1.38 bits per heavy atom. The fourth-order valence-electron chi connectivity index (χ4n) is 1.27. The maximum atomic E-state index is 11.4. The molecule has 1 rings (SSSR count). The van der Waals surface area contributed by atoms with E-state index in [0.29, 0.717) is 6.54 Å². The second kappa shape index (κ2) is 3.74. The molecule has 74 valence electrons. The average Bonchev–Trinajstić information content (AvgIpc) is 2.10. The summed E-state index contributed by atoms with van der Waals surface area (Å²) in [5.41, 5.74) is 5.43. The monoisotopic (exact) mass is 185 g/mol. The van der Waals surface area contributed by atoms with Gasteiger partial charge in [-0.2, -0.15) is 0 Å². The molecule has 13 heavy (non-hydrogen) atoms. The minimum Gasteiger partial charge on any atom is -0.335 e. The Balaban J connectivity index is 2.66. The second-order valence-electron chi connectivity index (χ2n) is 3.36. The Labute approximate surface area is 77.5 Å². The van der Waals surface area contributed by atoms with Gasteiger partial charge in [-0.05, 0) is 6.92 Å². The summed E-state index contributed by atoms with van der Waals surface area (Å²) < 4.78 is 0. The molecule has 0 spiro atoms. The number of hydrogen-bond acceptors (Lipinski definition) is 3. The third-order valence-electron chi connectivity index (χ3n) is 2.30. The molecular weight excluding hydrogens is 170 g/mol. The van der Waals surface area contributed by atoms with Crippen LogP contribution in [0.5, 0.6) is 0 Å². The van der Waals surface area contributed by atoms with Crippen LogP contribution in [0.3, 0.4) is 0 Å². The van der Waals surface area contributed by atoms with E-state index in [9.17, 15) is 9.59 Å². The second-order valence-corrected chi connectivity index (χ2v) is 3.36. The van der Waals surface area contributed by atoms with Crippen molar-refractivity contribution in [3.05, 3.63) is 0 Å². The van der Waals surface area contributed by atoms with E-state index >= 15 is 0 Å². The lowest BCUT2D eigenvalue weighted by Gasteiger charge is -2.35. The van der Waals surface area contributed by atoms with E-state index in [2.05, 4.69) is 0 Å². The molecule has 2 amide bonds. The molecule has 0 bridgehead atoms. The standard InChI is InChI=1S/C8H15N3O2/c1-6(3-9)11-5-7(12)10(2)4-8(11)13/h6H,3-5,9H2,1-2H3. The van der Waals surface area contributed by atoms with E-state index in [4.69, 9.17) is 5.73 Å². The third kappa shape index (κ3) is 1.98. The number of hydrogen-bond donors (Lipinski definition) is 1. The molecule has 0 radical (unpaired) electrons. The van der Waals surface area contributed by atoms with Gasteiger partial charge in [0.25, 0.3) is 0 Å². The third-order valence-corrected chi connectivity index (χ3v) is 2.30. The van der Waals surface area contributed by atoms with Gasteiger partial charge in [0.2, 0.25) is 11.8 Å². The Morgan fingerprint density at radius 3 is 2.54 bits per heavy atom. The zero-order valence-electron chi connectivity index (χ0n) is 7.99. The molecule has 1 aliphatic rings. The molecule has 2 N–H and O–H groups in total. The van der Waals surface area contributed by atoms with Crippen molar-refractivity contribution in [2.45, 2.75) is 13.0 Å². The largest absolute Gasteiger partial charge is 0.335 e. The molecule has 1 aliphatic heterocycles. The first kappa shape index (κ1) is 9.98. The number of nitrogens with zero attached hydrogens (tertiary/aromatic N) is 2. The van der Waals surface area contributed by atoms with Gasteiger partial charge in [-0.3, -0.25) is 9.59 Å². The lowest BCUT2D eigenvalue weighted by atomic mass is 10.2. The fraction of sp³-hybridized carbons (Fsp3) is 0.750. The Kier molecular flexibility index (Phi) is 2.87. The highest BCUT2D eigenvalue weighted by Crippen LogP contribution is 2.06. The van der Waals surface area contributed by atoms with Crippen molar-refractivity contribution >= 4 is 11.8 Å². The molecule has 1 saturated heterocycles. The zero-order valence-corrected chi connectivity index (χ0v) is 7.99. The molecule has 1 fully saturated rings. The van der Waals surface area contributed by atoms with Gasteiger partial charge in [0.15, 0.2) is 0 Å². The maximum absolute atomic E-state index is 11.4. The van der Waals surface area contributed by atoms with Crippen molar-refractivity contribution in [3.8, 4) is 0 Å². The first-order valence-corrected chi connectivity index (χ1v) is 4.29. The summed E-state index contributed by atoms with van der Waals surface area (Å²) in [6.45, 7) is 2.57. The summed E-state index contributed by atoms with van der Waals surface area (Å²) >= 11 is 0. The van der Waals surface area contributed by atoms with Crippen LogP contribution < -0.4 is 5.73 Å². The molecule has 1 heterocycles. The highest BCUT2D eigenvalue weighted by molar-refractivity contribution is 5.92. The smallest absolute Gasteiger partial charge is 0.242 e.